The van der Waals surface area contributed by atoms with E-state index in [-0.39, 0.29) is 17.9 Å². The molecule has 0 bridgehead atoms. The normalized spacial score (nSPS) is 30.1. The summed E-state index contributed by atoms with van der Waals surface area (Å²) >= 11 is 5.69. The lowest BCUT2D eigenvalue weighted by Gasteiger charge is -2.25. The van der Waals surface area contributed by atoms with Crippen molar-refractivity contribution in [2.24, 2.45) is 0 Å². The number of hydrogen-bond acceptors (Lipinski definition) is 3. The average Bonchev–Trinajstić information content (AvgIpc) is 2.96. The molecule has 106 valence electrons. The van der Waals surface area contributed by atoms with E-state index < -0.39 is 10.0 Å². The van der Waals surface area contributed by atoms with E-state index in [1.165, 1.54) is 0 Å². The molecule has 2 unspecified atom stereocenters. The predicted molar refractivity (Wildman–Crippen MR) is 72.4 cm³/mol. The highest BCUT2D eigenvalue weighted by Gasteiger charge is 2.35. The van der Waals surface area contributed by atoms with Crippen LogP contribution in [0, 0.1) is 0 Å². The number of sulfonamides is 1. The topological polar surface area (TPSA) is 46.6 Å². The van der Waals surface area contributed by atoms with Gasteiger partial charge < -0.3 is 4.74 Å². The molecule has 6 heteroatoms. The number of ether oxygens (including phenoxy) is 1. The zero-order valence-electron chi connectivity index (χ0n) is 10.7. The largest absolute Gasteiger partial charge is 0.377 e. The third kappa shape index (κ3) is 3.59. The van der Waals surface area contributed by atoms with Gasteiger partial charge in [-0.05, 0) is 38.5 Å². The summed E-state index contributed by atoms with van der Waals surface area (Å²) in [7, 11) is -3.16. The Morgan fingerprint density at radius 3 is 2.78 bits per heavy atom. The van der Waals surface area contributed by atoms with Crippen LogP contribution in [0.15, 0.2) is 0 Å². The number of nitrogens with zero attached hydrogens (tertiary/aromatic N) is 1. The molecule has 0 N–H and O–H groups in total. The van der Waals surface area contributed by atoms with E-state index >= 15 is 0 Å². The van der Waals surface area contributed by atoms with E-state index in [0.717, 1.165) is 38.5 Å². The standard InChI is InChI=1S/C12H22ClNO3S/c13-7-1-4-11-5-2-8-14(11)18(15,16)10-12-6-3-9-17-12/h11-12H,1-10H2. The van der Waals surface area contributed by atoms with Crippen molar-refractivity contribution in [1.82, 2.24) is 4.31 Å². The lowest BCUT2D eigenvalue weighted by Crippen LogP contribution is -2.39. The molecule has 0 spiro atoms. The Balaban J connectivity index is 1.94. The first kappa shape index (κ1) is 14.6. The highest BCUT2D eigenvalue weighted by atomic mass is 35.5. The molecule has 4 nitrogen and oxygen atoms in total. The fourth-order valence-electron chi connectivity index (χ4n) is 2.88. The van der Waals surface area contributed by atoms with Gasteiger partial charge in [-0.15, -0.1) is 11.6 Å². The fourth-order valence-corrected chi connectivity index (χ4v) is 5.03. The lowest BCUT2D eigenvalue weighted by atomic mass is 10.1. The first-order valence-corrected chi connectivity index (χ1v) is 8.95. The van der Waals surface area contributed by atoms with Crippen LogP contribution in [0.2, 0.25) is 0 Å². The quantitative estimate of drug-likeness (QED) is 0.704. The van der Waals surface area contributed by atoms with Gasteiger partial charge in [0.1, 0.15) is 0 Å². The van der Waals surface area contributed by atoms with Crippen LogP contribution in [0.1, 0.15) is 38.5 Å². The molecule has 0 radical (unpaired) electrons. The van der Waals surface area contributed by atoms with Crippen LogP contribution < -0.4 is 0 Å². The molecule has 2 aliphatic rings. The Morgan fingerprint density at radius 1 is 1.28 bits per heavy atom. The maximum absolute atomic E-state index is 12.4. The van der Waals surface area contributed by atoms with E-state index in [2.05, 4.69) is 0 Å². The molecule has 0 saturated carbocycles. The maximum Gasteiger partial charge on any atom is 0.216 e. The molecule has 0 aromatic rings. The smallest absolute Gasteiger partial charge is 0.216 e. The molecule has 2 fully saturated rings. The predicted octanol–water partition coefficient (Wildman–Crippen LogP) is 1.98. The zero-order valence-corrected chi connectivity index (χ0v) is 12.3. The fraction of sp³-hybridized carbons (Fsp3) is 1.00. The minimum Gasteiger partial charge on any atom is -0.377 e. The number of alkyl halides is 1. The van der Waals surface area contributed by atoms with Crippen molar-refractivity contribution in [2.75, 3.05) is 24.8 Å². The summed E-state index contributed by atoms with van der Waals surface area (Å²) in [6.07, 6.45) is 5.48. The molecule has 18 heavy (non-hydrogen) atoms. The number of hydrogen-bond donors (Lipinski definition) is 0. The van der Waals surface area contributed by atoms with Crippen molar-refractivity contribution >= 4 is 21.6 Å². The van der Waals surface area contributed by atoms with Gasteiger partial charge in [-0.1, -0.05) is 0 Å². The van der Waals surface area contributed by atoms with Crippen LogP contribution in [0.4, 0.5) is 0 Å². The SMILES string of the molecule is O=S(=O)(CC1CCCO1)N1CCCC1CCCCl. The van der Waals surface area contributed by atoms with Crippen molar-refractivity contribution in [3.63, 3.8) is 0 Å². The summed E-state index contributed by atoms with van der Waals surface area (Å²) in [5.74, 6) is 0.764. The summed E-state index contributed by atoms with van der Waals surface area (Å²) in [4.78, 5) is 0. The molecule has 0 aliphatic carbocycles. The Kier molecular flexibility index (Phi) is 5.30. The molecule has 2 rings (SSSR count). The van der Waals surface area contributed by atoms with Gasteiger partial charge in [0, 0.05) is 25.1 Å². The first-order valence-electron chi connectivity index (χ1n) is 6.80. The van der Waals surface area contributed by atoms with Crippen LogP contribution >= 0.6 is 11.6 Å². The van der Waals surface area contributed by atoms with Crippen molar-refractivity contribution < 1.29 is 13.2 Å². The summed E-state index contributed by atoms with van der Waals surface area (Å²) in [6, 6.07) is 0.162. The van der Waals surface area contributed by atoms with E-state index in [4.69, 9.17) is 16.3 Å². The highest BCUT2D eigenvalue weighted by molar-refractivity contribution is 7.89. The monoisotopic (exact) mass is 295 g/mol. The third-order valence-electron chi connectivity index (χ3n) is 3.77. The molecule has 0 aromatic heterocycles. The molecule has 2 atom stereocenters. The summed E-state index contributed by atoms with van der Waals surface area (Å²) in [5.41, 5.74) is 0. The third-order valence-corrected chi connectivity index (χ3v) is 6.03. The highest BCUT2D eigenvalue weighted by Crippen LogP contribution is 2.26. The minimum absolute atomic E-state index is 0.0933. The van der Waals surface area contributed by atoms with Crippen molar-refractivity contribution in [3.05, 3.63) is 0 Å². The van der Waals surface area contributed by atoms with Gasteiger partial charge in [-0.25, -0.2) is 8.42 Å². The van der Waals surface area contributed by atoms with Gasteiger partial charge in [0.25, 0.3) is 0 Å². The average molecular weight is 296 g/mol. The number of rotatable bonds is 6. The van der Waals surface area contributed by atoms with Crippen LogP contribution in [-0.4, -0.2) is 49.7 Å². The second-order valence-corrected chi connectivity index (χ2v) is 7.50. The van der Waals surface area contributed by atoms with E-state index in [0.29, 0.717) is 19.0 Å². The van der Waals surface area contributed by atoms with Gasteiger partial charge in [0.05, 0.1) is 11.9 Å². The Bertz CT molecular complexity index is 354. The van der Waals surface area contributed by atoms with Gasteiger partial charge >= 0.3 is 0 Å². The van der Waals surface area contributed by atoms with Crippen LogP contribution in [-0.2, 0) is 14.8 Å². The summed E-state index contributed by atoms with van der Waals surface area (Å²) in [6.45, 7) is 1.37. The molecular formula is C12H22ClNO3S. The zero-order chi connectivity index (χ0) is 13.0. The minimum atomic E-state index is -3.16. The first-order chi connectivity index (χ1) is 8.63. The van der Waals surface area contributed by atoms with E-state index in [1.54, 1.807) is 4.31 Å². The van der Waals surface area contributed by atoms with Crippen LogP contribution in [0.25, 0.3) is 0 Å². The van der Waals surface area contributed by atoms with Gasteiger partial charge in [-0.2, -0.15) is 4.31 Å². The molecule has 2 heterocycles. The lowest BCUT2D eigenvalue weighted by molar-refractivity contribution is 0.126. The van der Waals surface area contributed by atoms with E-state index in [9.17, 15) is 8.42 Å². The van der Waals surface area contributed by atoms with Crippen molar-refractivity contribution in [2.45, 2.75) is 50.7 Å². The second-order valence-electron chi connectivity index (χ2n) is 5.15. The van der Waals surface area contributed by atoms with Gasteiger partial charge in [0.2, 0.25) is 10.0 Å². The second kappa shape index (κ2) is 6.55. The van der Waals surface area contributed by atoms with Crippen LogP contribution in [0.3, 0.4) is 0 Å². The van der Waals surface area contributed by atoms with Gasteiger partial charge in [0.15, 0.2) is 0 Å². The summed E-state index contributed by atoms with van der Waals surface area (Å²) in [5, 5.41) is 0. The summed E-state index contributed by atoms with van der Waals surface area (Å²) < 4.78 is 31.9. The molecule has 0 aromatic carbocycles. The van der Waals surface area contributed by atoms with Crippen LogP contribution in [0.5, 0.6) is 0 Å². The molecule has 2 saturated heterocycles. The number of halogens is 1. The van der Waals surface area contributed by atoms with E-state index in [1.807, 2.05) is 0 Å². The Hall–Kier alpha value is 0.160. The van der Waals surface area contributed by atoms with Crippen molar-refractivity contribution in [3.8, 4) is 0 Å². The molecule has 2 aliphatic heterocycles. The van der Waals surface area contributed by atoms with Gasteiger partial charge in [-0.3, -0.25) is 0 Å². The molecule has 0 amide bonds. The Labute approximate surface area is 115 Å². The maximum atomic E-state index is 12.4. The van der Waals surface area contributed by atoms with Crippen molar-refractivity contribution in [1.29, 1.82) is 0 Å². The molecular weight excluding hydrogens is 274 g/mol. The Morgan fingerprint density at radius 2 is 2.11 bits per heavy atom.